The maximum absolute atomic E-state index is 12.5. The zero-order valence-electron chi connectivity index (χ0n) is 13.4. The molecule has 0 radical (unpaired) electrons. The van der Waals surface area contributed by atoms with E-state index < -0.39 is 12.1 Å². The van der Waals surface area contributed by atoms with Gasteiger partial charge >= 0.3 is 0 Å². The standard InChI is InChI=1S/C17H23ClN2O3/c1-3-14(12-5-4-6-13(18)9-12)19-17(23)15(10(2)21)20-16(22)11-7-8-11/h4-6,9-11,14-15,21H,3,7-8H2,1-2H3,(H,19,23)(H,20,22). The summed E-state index contributed by atoms with van der Waals surface area (Å²) in [5, 5.41) is 16.0. The first kappa shape index (κ1) is 17.8. The van der Waals surface area contributed by atoms with Gasteiger partial charge in [0.1, 0.15) is 6.04 Å². The van der Waals surface area contributed by atoms with E-state index in [1.54, 1.807) is 12.1 Å². The number of carbonyl (C=O) groups excluding carboxylic acids is 2. The molecule has 0 saturated heterocycles. The topological polar surface area (TPSA) is 78.4 Å². The minimum Gasteiger partial charge on any atom is -0.391 e. The molecule has 0 bridgehead atoms. The normalized spacial score (nSPS) is 17.9. The van der Waals surface area contributed by atoms with Crippen LogP contribution in [0.3, 0.4) is 0 Å². The number of carbonyl (C=O) groups is 2. The van der Waals surface area contributed by atoms with Crippen molar-refractivity contribution in [2.24, 2.45) is 5.92 Å². The fourth-order valence-corrected chi connectivity index (χ4v) is 2.63. The van der Waals surface area contributed by atoms with Crippen LogP contribution in [0.15, 0.2) is 24.3 Å². The number of hydrogen-bond acceptors (Lipinski definition) is 3. The van der Waals surface area contributed by atoms with Crippen LogP contribution in [0.25, 0.3) is 0 Å². The highest BCUT2D eigenvalue weighted by Crippen LogP contribution is 2.29. The number of aliphatic hydroxyl groups excluding tert-OH is 1. The molecule has 23 heavy (non-hydrogen) atoms. The Morgan fingerprint density at radius 1 is 1.35 bits per heavy atom. The summed E-state index contributed by atoms with van der Waals surface area (Å²) in [6.45, 7) is 3.45. The zero-order chi connectivity index (χ0) is 17.0. The van der Waals surface area contributed by atoms with Gasteiger partial charge in [-0.1, -0.05) is 30.7 Å². The number of hydrogen-bond donors (Lipinski definition) is 3. The molecule has 126 valence electrons. The zero-order valence-corrected chi connectivity index (χ0v) is 14.1. The molecule has 1 aromatic rings. The van der Waals surface area contributed by atoms with Crippen molar-refractivity contribution in [3.63, 3.8) is 0 Å². The Bertz CT molecular complexity index is 573. The molecule has 0 aromatic heterocycles. The molecule has 1 aromatic carbocycles. The summed E-state index contributed by atoms with van der Waals surface area (Å²) in [5.74, 6) is -0.568. The van der Waals surface area contributed by atoms with Crippen LogP contribution in [0.5, 0.6) is 0 Å². The van der Waals surface area contributed by atoms with E-state index in [9.17, 15) is 14.7 Å². The molecule has 1 aliphatic rings. The minimum atomic E-state index is -0.963. The summed E-state index contributed by atoms with van der Waals surface area (Å²) in [4.78, 5) is 24.3. The molecule has 5 nitrogen and oxygen atoms in total. The number of nitrogens with one attached hydrogen (secondary N) is 2. The van der Waals surface area contributed by atoms with Crippen molar-refractivity contribution < 1.29 is 14.7 Å². The number of amides is 2. The van der Waals surface area contributed by atoms with Gasteiger partial charge in [-0.3, -0.25) is 9.59 Å². The first-order chi connectivity index (χ1) is 10.9. The van der Waals surface area contributed by atoms with E-state index in [1.807, 2.05) is 19.1 Å². The summed E-state index contributed by atoms with van der Waals surface area (Å²) in [6, 6.07) is 6.12. The average molecular weight is 339 g/mol. The number of aliphatic hydroxyl groups is 1. The SMILES string of the molecule is CCC(NC(=O)C(NC(=O)C1CC1)C(C)O)c1cccc(Cl)c1. The average Bonchev–Trinajstić information content (AvgIpc) is 3.34. The molecule has 3 N–H and O–H groups in total. The second kappa shape index (κ2) is 7.79. The summed E-state index contributed by atoms with van der Waals surface area (Å²) in [6.07, 6.45) is 1.41. The maximum atomic E-state index is 12.5. The highest BCUT2D eigenvalue weighted by Gasteiger charge is 2.34. The predicted molar refractivity (Wildman–Crippen MR) is 89.0 cm³/mol. The van der Waals surface area contributed by atoms with Crippen molar-refractivity contribution in [1.29, 1.82) is 0 Å². The van der Waals surface area contributed by atoms with Crippen LogP contribution in [-0.4, -0.2) is 29.1 Å². The summed E-state index contributed by atoms with van der Waals surface area (Å²) >= 11 is 6.00. The van der Waals surface area contributed by atoms with Gasteiger partial charge in [0.15, 0.2) is 0 Å². The molecule has 0 spiro atoms. The maximum Gasteiger partial charge on any atom is 0.245 e. The third-order valence-corrected chi connectivity index (χ3v) is 4.22. The minimum absolute atomic E-state index is 0.0149. The fraction of sp³-hybridized carbons (Fsp3) is 0.529. The lowest BCUT2D eigenvalue weighted by atomic mass is 10.0. The number of rotatable bonds is 7. The molecule has 3 unspecified atom stereocenters. The quantitative estimate of drug-likeness (QED) is 0.713. The van der Waals surface area contributed by atoms with Gasteiger partial charge in [-0.05, 0) is 43.9 Å². The predicted octanol–water partition coefficient (Wildman–Crippen LogP) is 2.18. The van der Waals surface area contributed by atoms with Gasteiger partial charge in [-0.2, -0.15) is 0 Å². The van der Waals surface area contributed by atoms with Crippen LogP contribution in [0.1, 0.15) is 44.7 Å². The smallest absolute Gasteiger partial charge is 0.245 e. The lowest BCUT2D eigenvalue weighted by Crippen LogP contribution is -2.53. The molecule has 1 saturated carbocycles. The molecule has 6 heteroatoms. The van der Waals surface area contributed by atoms with Gasteiger partial charge in [0.25, 0.3) is 0 Å². The van der Waals surface area contributed by atoms with Gasteiger partial charge < -0.3 is 15.7 Å². The molecule has 2 amide bonds. The first-order valence-electron chi connectivity index (χ1n) is 7.96. The van der Waals surface area contributed by atoms with Gasteiger partial charge in [-0.15, -0.1) is 0 Å². The Labute approximate surface area is 141 Å². The number of benzene rings is 1. The van der Waals surface area contributed by atoms with Crippen molar-refractivity contribution >= 4 is 23.4 Å². The molecular weight excluding hydrogens is 316 g/mol. The van der Waals surface area contributed by atoms with Crippen LogP contribution in [0.4, 0.5) is 0 Å². The molecule has 0 aliphatic heterocycles. The Hall–Kier alpha value is -1.59. The molecule has 1 aliphatic carbocycles. The van der Waals surface area contributed by atoms with Crippen LogP contribution in [0, 0.1) is 5.92 Å². The van der Waals surface area contributed by atoms with E-state index in [1.165, 1.54) is 6.92 Å². The Kier molecular flexibility index (Phi) is 6.02. The van der Waals surface area contributed by atoms with E-state index in [0.29, 0.717) is 11.4 Å². The van der Waals surface area contributed by atoms with Crippen LogP contribution < -0.4 is 10.6 Å². The lowest BCUT2D eigenvalue weighted by Gasteiger charge is -2.25. The summed E-state index contributed by atoms with van der Waals surface area (Å²) < 4.78 is 0. The number of halogens is 1. The Balaban J connectivity index is 2.04. The lowest BCUT2D eigenvalue weighted by molar-refractivity contribution is -0.132. The fourth-order valence-electron chi connectivity index (χ4n) is 2.43. The third kappa shape index (κ3) is 4.94. The van der Waals surface area contributed by atoms with E-state index >= 15 is 0 Å². The van der Waals surface area contributed by atoms with E-state index in [0.717, 1.165) is 18.4 Å². The van der Waals surface area contributed by atoms with Gasteiger partial charge in [0.2, 0.25) is 11.8 Å². The van der Waals surface area contributed by atoms with Gasteiger partial charge in [-0.25, -0.2) is 0 Å². The second-order valence-electron chi connectivity index (χ2n) is 6.03. The molecule has 3 atom stereocenters. The van der Waals surface area contributed by atoms with E-state index in [2.05, 4.69) is 10.6 Å². The summed E-state index contributed by atoms with van der Waals surface area (Å²) in [7, 11) is 0. The van der Waals surface area contributed by atoms with Gasteiger partial charge in [0.05, 0.1) is 12.1 Å². The van der Waals surface area contributed by atoms with Crippen molar-refractivity contribution in [2.45, 2.75) is 51.3 Å². The van der Waals surface area contributed by atoms with Gasteiger partial charge in [0, 0.05) is 10.9 Å². The van der Waals surface area contributed by atoms with E-state index in [-0.39, 0.29) is 23.8 Å². The molecule has 1 fully saturated rings. The van der Waals surface area contributed by atoms with Crippen molar-refractivity contribution in [2.75, 3.05) is 0 Å². The highest BCUT2D eigenvalue weighted by molar-refractivity contribution is 6.30. The molecular formula is C17H23ClN2O3. The van der Waals surface area contributed by atoms with Crippen molar-refractivity contribution in [3.8, 4) is 0 Å². The van der Waals surface area contributed by atoms with Crippen LogP contribution >= 0.6 is 11.6 Å². The Morgan fingerprint density at radius 3 is 2.57 bits per heavy atom. The monoisotopic (exact) mass is 338 g/mol. The van der Waals surface area contributed by atoms with Crippen LogP contribution in [0.2, 0.25) is 5.02 Å². The third-order valence-electron chi connectivity index (χ3n) is 3.99. The van der Waals surface area contributed by atoms with Crippen LogP contribution in [-0.2, 0) is 9.59 Å². The molecule has 2 rings (SSSR count). The molecule has 0 heterocycles. The van der Waals surface area contributed by atoms with Crippen molar-refractivity contribution in [3.05, 3.63) is 34.9 Å². The largest absolute Gasteiger partial charge is 0.391 e. The van der Waals surface area contributed by atoms with E-state index in [4.69, 9.17) is 11.6 Å². The Morgan fingerprint density at radius 2 is 2.04 bits per heavy atom. The first-order valence-corrected chi connectivity index (χ1v) is 8.34. The summed E-state index contributed by atoms with van der Waals surface area (Å²) in [5.41, 5.74) is 0.895. The van der Waals surface area contributed by atoms with Crippen molar-refractivity contribution in [1.82, 2.24) is 10.6 Å². The highest BCUT2D eigenvalue weighted by atomic mass is 35.5. The second-order valence-corrected chi connectivity index (χ2v) is 6.46.